The minimum Gasteiger partial charge on any atom is -0.490 e. The minimum absolute atomic E-state index is 0.141. The Kier molecular flexibility index (Phi) is 6.19. The predicted octanol–water partition coefficient (Wildman–Crippen LogP) is 5.69. The van der Waals surface area contributed by atoms with Crippen LogP contribution in [0.15, 0.2) is 42.5 Å². The first-order valence-corrected chi connectivity index (χ1v) is 11.4. The van der Waals surface area contributed by atoms with Gasteiger partial charge in [0.1, 0.15) is 4.88 Å². The third-order valence-electron chi connectivity index (χ3n) is 5.41. The van der Waals surface area contributed by atoms with Crippen LogP contribution in [0.4, 0.5) is 5.69 Å². The number of benzene rings is 2. The van der Waals surface area contributed by atoms with Gasteiger partial charge in [-0.25, -0.2) is 4.79 Å². The van der Waals surface area contributed by atoms with Crippen molar-refractivity contribution in [3.05, 3.63) is 63.3 Å². The van der Waals surface area contributed by atoms with Crippen LogP contribution in [0.25, 0.3) is 11.1 Å². The molecule has 32 heavy (non-hydrogen) atoms. The molecule has 0 spiro atoms. The van der Waals surface area contributed by atoms with Crippen LogP contribution in [-0.4, -0.2) is 30.2 Å². The van der Waals surface area contributed by atoms with Gasteiger partial charge in [-0.3, -0.25) is 4.79 Å². The zero-order valence-electron chi connectivity index (χ0n) is 18.2. The lowest BCUT2D eigenvalue weighted by molar-refractivity contribution is -0.116. The van der Waals surface area contributed by atoms with E-state index >= 15 is 0 Å². The number of anilines is 1. The summed E-state index contributed by atoms with van der Waals surface area (Å²) in [5, 5.41) is 12.9. The van der Waals surface area contributed by atoms with E-state index in [4.69, 9.17) is 9.47 Å². The Labute approximate surface area is 190 Å². The molecular formula is C25H25NO5S. The van der Waals surface area contributed by atoms with Crippen LogP contribution in [0.5, 0.6) is 11.5 Å². The molecule has 0 saturated heterocycles. The summed E-state index contributed by atoms with van der Waals surface area (Å²) in [5.41, 5.74) is 3.89. The van der Waals surface area contributed by atoms with Crippen molar-refractivity contribution in [3.63, 3.8) is 0 Å². The van der Waals surface area contributed by atoms with E-state index in [-0.39, 0.29) is 23.1 Å². The molecule has 0 radical (unpaired) electrons. The molecule has 2 aromatic carbocycles. The Morgan fingerprint density at radius 3 is 2.44 bits per heavy atom. The largest absolute Gasteiger partial charge is 0.490 e. The van der Waals surface area contributed by atoms with Gasteiger partial charge in [0.2, 0.25) is 5.91 Å². The van der Waals surface area contributed by atoms with Gasteiger partial charge >= 0.3 is 5.97 Å². The Morgan fingerprint density at radius 2 is 1.78 bits per heavy atom. The van der Waals surface area contributed by atoms with Crippen molar-refractivity contribution in [2.75, 3.05) is 18.5 Å². The zero-order valence-corrected chi connectivity index (χ0v) is 19.0. The average molecular weight is 452 g/mol. The number of aromatic carboxylic acids is 1. The fraction of sp³-hybridized carbons (Fsp3) is 0.280. The minimum atomic E-state index is -1.00. The van der Waals surface area contributed by atoms with E-state index in [0.29, 0.717) is 36.0 Å². The molecule has 1 amide bonds. The third kappa shape index (κ3) is 4.08. The predicted molar refractivity (Wildman–Crippen MR) is 125 cm³/mol. The van der Waals surface area contributed by atoms with Gasteiger partial charge in [-0.05, 0) is 44.0 Å². The van der Waals surface area contributed by atoms with Gasteiger partial charge in [0.05, 0.1) is 18.9 Å². The van der Waals surface area contributed by atoms with E-state index in [1.54, 1.807) is 0 Å². The number of hydrogen-bond acceptors (Lipinski definition) is 5. The summed E-state index contributed by atoms with van der Waals surface area (Å²) >= 11 is 1.22. The fourth-order valence-corrected chi connectivity index (χ4v) is 5.23. The Balaban J connectivity index is 1.86. The highest BCUT2D eigenvalue weighted by atomic mass is 32.1. The van der Waals surface area contributed by atoms with E-state index in [2.05, 4.69) is 5.32 Å². The zero-order chi connectivity index (χ0) is 22.8. The third-order valence-corrected chi connectivity index (χ3v) is 6.70. The van der Waals surface area contributed by atoms with Gasteiger partial charge in [0, 0.05) is 22.8 Å². The lowest BCUT2D eigenvalue weighted by Gasteiger charge is -2.24. The van der Waals surface area contributed by atoms with Gasteiger partial charge < -0.3 is 19.9 Å². The maximum Gasteiger partial charge on any atom is 0.346 e. The van der Waals surface area contributed by atoms with E-state index in [9.17, 15) is 14.7 Å². The van der Waals surface area contributed by atoms with Crippen LogP contribution in [0.1, 0.15) is 51.9 Å². The van der Waals surface area contributed by atoms with E-state index < -0.39 is 5.97 Å². The number of nitrogens with one attached hydrogen (secondary N) is 1. The van der Waals surface area contributed by atoms with Crippen LogP contribution in [-0.2, 0) is 4.79 Å². The summed E-state index contributed by atoms with van der Waals surface area (Å²) < 4.78 is 11.4. The van der Waals surface area contributed by atoms with Gasteiger partial charge in [0.25, 0.3) is 0 Å². The number of aryl methyl sites for hydroxylation is 1. The van der Waals surface area contributed by atoms with Crippen LogP contribution >= 0.6 is 11.3 Å². The molecule has 2 heterocycles. The summed E-state index contributed by atoms with van der Waals surface area (Å²) in [4.78, 5) is 25.9. The van der Waals surface area contributed by atoms with Gasteiger partial charge in [-0.15, -0.1) is 11.3 Å². The standard InChI is InChI=1S/C25H25NO5S/c1-4-30-18-11-10-16(12-19(18)31-5-2)17-13-20(27)26-22-21(15-8-6-14(3)7-9-15)24(25(28)29)32-23(17)22/h6-12,17H,4-5,13H2,1-3H3,(H,26,27)(H,28,29). The van der Waals surface area contributed by atoms with Gasteiger partial charge in [-0.2, -0.15) is 0 Å². The van der Waals surface area contributed by atoms with E-state index in [1.807, 2.05) is 63.2 Å². The molecular weight excluding hydrogens is 426 g/mol. The topological polar surface area (TPSA) is 84.9 Å². The number of hydrogen-bond donors (Lipinski definition) is 2. The van der Waals surface area contributed by atoms with Crippen molar-refractivity contribution in [1.29, 1.82) is 0 Å². The molecule has 0 saturated carbocycles. The Bertz CT molecular complexity index is 1170. The molecule has 2 N–H and O–H groups in total. The summed E-state index contributed by atoms with van der Waals surface area (Å²) in [7, 11) is 0. The molecule has 3 aromatic rings. The molecule has 1 aliphatic heterocycles. The highest BCUT2D eigenvalue weighted by Gasteiger charge is 2.34. The first-order valence-electron chi connectivity index (χ1n) is 10.6. The second kappa shape index (κ2) is 9.04. The second-order valence-corrected chi connectivity index (χ2v) is 8.65. The highest BCUT2D eigenvalue weighted by molar-refractivity contribution is 7.15. The van der Waals surface area contributed by atoms with Crippen LogP contribution in [0, 0.1) is 6.92 Å². The molecule has 0 bridgehead atoms. The van der Waals surface area contributed by atoms with Crippen LogP contribution in [0.2, 0.25) is 0 Å². The fourth-order valence-electron chi connectivity index (χ4n) is 3.99. The second-order valence-electron chi connectivity index (χ2n) is 7.59. The van der Waals surface area contributed by atoms with E-state index in [0.717, 1.165) is 21.6 Å². The smallest absolute Gasteiger partial charge is 0.346 e. The van der Waals surface area contributed by atoms with Crippen molar-refractivity contribution in [2.45, 2.75) is 33.1 Å². The lowest BCUT2D eigenvalue weighted by atomic mass is 9.88. The summed E-state index contributed by atoms with van der Waals surface area (Å²) in [6.45, 7) is 6.79. The number of ether oxygens (including phenoxy) is 2. The maximum absolute atomic E-state index is 12.7. The SMILES string of the molecule is CCOc1ccc(C2CC(=O)Nc3c2sc(C(=O)O)c3-c2ccc(C)cc2)cc1OCC. The Morgan fingerprint density at radius 1 is 1.09 bits per heavy atom. The molecule has 4 rings (SSSR count). The van der Waals surface area contributed by atoms with E-state index in [1.165, 1.54) is 11.3 Å². The van der Waals surface area contributed by atoms with Crippen molar-refractivity contribution in [3.8, 4) is 22.6 Å². The summed E-state index contributed by atoms with van der Waals surface area (Å²) in [5.74, 6) is -0.146. The first kappa shape index (κ1) is 21.9. The van der Waals surface area contributed by atoms with Gasteiger partial charge in [-0.1, -0.05) is 35.9 Å². The molecule has 7 heteroatoms. The van der Waals surface area contributed by atoms with Gasteiger partial charge in [0.15, 0.2) is 11.5 Å². The summed E-state index contributed by atoms with van der Waals surface area (Å²) in [6, 6.07) is 13.3. The number of amides is 1. The monoisotopic (exact) mass is 451 g/mol. The molecule has 1 aromatic heterocycles. The molecule has 166 valence electrons. The summed E-state index contributed by atoms with van der Waals surface area (Å²) in [6.07, 6.45) is 0.236. The number of thiophene rings is 1. The first-order chi connectivity index (χ1) is 15.4. The Hall–Kier alpha value is -3.32. The maximum atomic E-state index is 12.7. The molecule has 1 aliphatic rings. The number of carbonyl (C=O) groups excluding carboxylic acids is 1. The number of rotatable bonds is 7. The van der Waals surface area contributed by atoms with Crippen molar-refractivity contribution >= 4 is 28.9 Å². The number of fused-ring (bicyclic) bond motifs is 1. The molecule has 0 aliphatic carbocycles. The molecule has 0 fully saturated rings. The van der Waals surface area contributed by atoms with Crippen molar-refractivity contribution in [1.82, 2.24) is 0 Å². The average Bonchev–Trinajstić information content (AvgIpc) is 3.15. The molecule has 1 unspecified atom stereocenters. The number of carboxylic acid groups (broad SMARTS) is 1. The normalized spacial score (nSPS) is 15.1. The van der Waals surface area contributed by atoms with Crippen LogP contribution < -0.4 is 14.8 Å². The molecule has 1 atom stereocenters. The number of carbonyl (C=O) groups is 2. The quantitative estimate of drug-likeness (QED) is 0.482. The number of carboxylic acids is 1. The highest BCUT2D eigenvalue weighted by Crippen LogP contribution is 2.50. The lowest BCUT2D eigenvalue weighted by Crippen LogP contribution is -2.22. The molecule has 6 nitrogen and oxygen atoms in total. The van der Waals surface area contributed by atoms with Crippen molar-refractivity contribution < 1.29 is 24.2 Å². The van der Waals surface area contributed by atoms with Crippen molar-refractivity contribution in [2.24, 2.45) is 0 Å². The van der Waals surface area contributed by atoms with Crippen LogP contribution in [0.3, 0.4) is 0 Å².